The van der Waals surface area contributed by atoms with Crippen molar-refractivity contribution >= 4 is 34.8 Å². The summed E-state index contributed by atoms with van der Waals surface area (Å²) in [6.45, 7) is 2.40. The number of halogens is 5. The number of alkyl halides is 3. The summed E-state index contributed by atoms with van der Waals surface area (Å²) in [7, 11) is 0. The van der Waals surface area contributed by atoms with Crippen molar-refractivity contribution in [3.05, 3.63) is 45.7 Å². The van der Waals surface area contributed by atoms with Gasteiger partial charge in [-0.05, 0) is 50.4 Å². The molecule has 1 saturated carbocycles. The normalized spacial score (nSPS) is 16.6. The van der Waals surface area contributed by atoms with E-state index in [0.29, 0.717) is 23.2 Å². The van der Waals surface area contributed by atoms with Crippen molar-refractivity contribution in [2.45, 2.75) is 51.2 Å². The van der Waals surface area contributed by atoms with E-state index in [1.807, 2.05) is 0 Å². The first-order valence-electron chi connectivity index (χ1n) is 9.63. The molecule has 1 aromatic carbocycles. The molecule has 1 fully saturated rings. The Morgan fingerprint density at radius 2 is 1.90 bits per heavy atom. The van der Waals surface area contributed by atoms with Gasteiger partial charge in [-0.15, -0.1) is 0 Å². The van der Waals surface area contributed by atoms with Crippen molar-refractivity contribution in [1.82, 2.24) is 15.3 Å². The number of hydrogen-bond donors (Lipinski definition) is 2. The minimum Gasteiger partial charge on any atom is -0.323 e. The Hall–Kier alpha value is -1.57. The lowest BCUT2D eigenvalue weighted by molar-refractivity contribution is -0.142. The lowest BCUT2D eigenvalue weighted by Gasteiger charge is -2.25. The van der Waals surface area contributed by atoms with Crippen molar-refractivity contribution in [3.63, 3.8) is 0 Å². The maximum Gasteiger partial charge on any atom is 0.433 e. The summed E-state index contributed by atoms with van der Waals surface area (Å²) < 4.78 is 41.0. The molecule has 3 rings (SSSR count). The van der Waals surface area contributed by atoms with Crippen molar-refractivity contribution in [3.8, 4) is 0 Å². The Kier molecular flexibility index (Phi) is 7.24. The smallest absolute Gasteiger partial charge is 0.323 e. The number of rotatable bonds is 6. The summed E-state index contributed by atoms with van der Waals surface area (Å²) in [5.74, 6) is 0.333. The fourth-order valence-corrected chi connectivity index (χ4v) is 4.01. The zero-order valence-corrected chi connectivity index (χ0v) is 17.5. The van der Waals surface area contributed by atoms with E-state index in [2.05, 4.69) is 20.6 Å². The van der Waals surface area contributed by atoms with Crippen LogP contribution in [0.3, 0.4) is 0 Å². The molecule has 1 heterocycles. The molecule has 1 aliphatic carbocycles. The van der Waals surface area contributed by atoms with Crippen LogP contribution in [0.4, 0.5) is 24.8 Å². The standard InChI is InChI=1S/C20H23Cl2F3N4/c1-12(26-10-13-5-3-2-4-6-13)15-11-27-19(29-18(15)20(23,24)25)28-17-8-7-14(21)9-16(17)22/h7-9,11-13,26H,2-6,10H2,1H3,(H,27,28,29). The molecule has 9 heteroatoms. The molecular weight excluding hydrogens is 424 g/mol. The van der Waals surface area contributed by atoms with E-state index >= 15 is 0 Å². The van der Waals surface area contributed by atoms with E-state index in [9.17, 15) is 13.2 Å². The molecule has 158 valence electrons. The summed E-state index contributed by atoms with van der Waals surface area (Å²) in [4.78, 5) is 7.81. The molecule has 2 N–H and O–H groups in total. The molecule has 1 unspecified atom stereocenters. The molecule has 1 aromatic heterocycles. The number of anilines is 2. The lowest BCUT2D eigenvalue weighted by atomic mass is 9.89. The topological polar surface area (TPSA) is 49.8 Å². The zero-order chi connectivity index (χ0) is 21.0. The van der Waals surface area contributed by atoms with Crippen LogP contribution in [-0.2, 0) is 6.18 Å². The van der Waals surface area contributed by atoms with Crippen LogP contribution in [0.15, 0.2) is 24.4 Å². The number of aromatic nitrogens is 2. The Morgan fingerprint density at radius 3 is 2.55 bits per heavy atom. The third-order valence-corrected chi connectivity index (χ3v) is 5.71. The summed E-state index contributed by atoms with van der Waals surface area (Å²) in [5, 5.41) is 6.64. The SMILES string of the molecule is CC(NCC1CCCCC1)c1cnc(Nc2ccc(Cl)cc2Cl)nc1C(F)(F)F. The van der Waals surface area contributed by atoms with Crippen LogP contribution in [0.1, 0.15) is 56.3 Å². The second-order valence-electron chi connectivity index (χ2n) is 7.38. The Bertz CT molecular complexity index is 839. The molecule has 0 amide bonds. The van der Waals surface area contributed by atoms with Gasteiger partial charge in [-0.1, -0.05) is 42.5 Å². The van der Waals surface area contributed by atoms with Gasteiger partial charge in [-0.25, -0.2) is 9.97 Å². The van der Waals surface area contributed by atoms with Gasteiger partial charge in [0, 0.05) is 22.8 Å². The van der Waals surface area contributed by atoms with Gasteiger partial charge in [-0.2, -0.15) is 13.2 Å². The van der Waals surface area contributed by atoms with Crippen LogP contribution in [0, 0.1) is 5.92 Å². The second kappa shape index (κ2) is 9.49. The van der Waals surface area contributed by atoms with E-state index in [-0.39, 0.29) is 16.5 Å². The Labute approximate surface area is 178 Å². The molecule has 0 aliphatic heterocycles. The lowest BCUT2D eigenvalue weighted by Crippen LogP contribution is -2.29. The first kappa shape index (κ1) is 22.1. The van der Waals surface area contributed by atoms with Gasteiger partial charge in [0.1, 0.15) is 0 Å². The Balaban J connectivity index is 1.78. The van der Waals surface area contributed by atoms with E-state index in [1.165, 1.54) is 31.5 Å². The third-order valence-electron chi connectivity index (χ3n) is 5.17. The average Bonchev–Trinajstić information content (AvgIpc) is 2.68. The highest BCUT2D eigenvalue weighted by Gasteiger charge is 2.37. The average molecular weight is 447 g/mol. The van der Waals surface area contributed by atoms with Gasteiger partial charge in [0.25, 0.3) is 0 Å². The van der Waals surface area contributed by atoms with Gasteiger partial charge < -0.3 is 10.6 Å². The minimum atomic E-state index is -4.60. The summed E-state index contributed by atoms with van der Waals surface area (Å²) in [5.41, 5.74) is -0.551. The highest BCUT2D eigenvalue weighted by Crippen LogP contribution is 2.35. The minimum absolute atomic E-state index is 0.0288. The highest BCUT2D eigenvalue weighted by molar-refractivity contribution is 6.36. The predicted octanol–water partition coefficient (Wildman–Crippen LogP) is 6.78. The third kappa shape index (κ3) is 5.96. The first-order valence-corrected chi connectivity index (χ1v) is 10.4. The van der Waals surface area contributed by atoms with Gasteiger partial charge in [0.15, 0.2) is 5.69 Å². The van der Waals surface area contributed by atoms with Crippen molar-refractivity contribution in [1.29, 1.82) is 0 Å². The molecule has 0 spiro atoms. The number of benzene rings is 1. The summed E-state index contributed by atoms with van der Waals surface area (Å²) in [6.07, 6.45) is 2.47. The molecule has 0 saturated heterocycles. The van der Waals surface area contributed by atoms with Crippen LogP contribution in [-0.4, -0.2) is 16.5 Å². The molecule has 2 aromatic rings. The van der Waals surface area contributed by atoms with Gasteiger partial charge >= 0.3 is 6.18 Å². The molecule has 1 atom stereocenters. The summed E-state index contributed by atoms with van der Waals surface area (Å²) >= 11 is 11.9. The number of nitrogens with one attached hydrogen (secondary N) is 2. The molecule has 1 aliphatic rings. The maximum absolute atomic E-state index is 13.7. The zero-order valence-electron chi connectivity index (χ0n) is 16.0. The molecule has 29 heavy (non-hydrogen) atoms. The summed E-state index contributed by atoms with van der Waals surface area (Å²) in [6, 6.07) is 4.11. The fourth-order valence-electron chi connectivity index (χ4n) is 3.55. The fraction of sp³-hybridized carbons (Fsp3) is 0.500. The van der Waals surface area contributed by atoms with Crippen LogP contribution >= 0.6 is 23.2 Å². The molecule has 4 nitrogen and oxygen atoms in total. The molecular formula is C20H23Cl2F3N4. The van der Waals surface area contributed by atoms with Gasteiger partial charge in [0.05, 0.1) is 10.7 Å². The van der Waals surface area contributed by atoms with Crippen molar-refractivity contribution in [2.75, 3.05) is 11.9 Å². The van der Waals surface area contributed by atoms with Crippen molar-refractivity contribution in [2.24, 2.45) is 5.92 Å². The van der Waals surface area contributed by atoms with Crippen LogP contribution in [0.25, 0.3) is 0 Å². The molecule has 0 bridgehead atoms. The molecule has 0 radical (unpaired) electrons. The van der Waals surface area contributed by atoms with E-state index in [0.717, 1.165) is 12.8 Å². The largest absolute Gasteiger partial charge is 0.433 e. The number of nitrogens with zero attached hydrogens (tertiary/aromatic N) is 2. The predicted molar refractivity (Wildman–Crippen MR) is 110 cm³/mol. The first-order chi connectivity index (χ1) is 13.7. The maximum atomic E-state index is 13.7. The van der Waals surface area contributed by atoms with Gasteiger partial charge in [-0.3, -0.25) is 0 Å². The van der Waals surface area contributed by atoms with Gasteiger partial charge in [0.2, 0.25) is 5.95 Å². The number of hydrogen-bond acceptors (Lipinski definition) is 4. The monoisotopic (exact) mass is 446 g/mol. The van der Waals surface area contributed by atoms with Crippen molar-refractivity contribution < 1.29 is 13.2 Å². The second-order valence-corrected chi connectivity index (χ2v) is 8.22. The van der Waals surface area contributed by atoms with E-state index < -0.39 is 17.9 Å². The van der Waals surface area contributed by atoms with E-state index in [4.69, 9.17) is 23.2 Å². The van der Waals surface area contributed by atoms with Crippen LogP contribution in [0.2, 0.25) is 10.0 Å². The Morgan fingerprint density at radius 1 is 1.17 bits per heavy atom. The van der Waals surface area contributed by atoms with Crippen LogP contribution in [0.5, 0.6) is 0 Å². The quantitative estimate of drug-likeness (QED) is 0.513. The highest BCUT2D eigenvalue weighted by atomic mass is 35.5. The van der Waals surface area contributed by atoms with E-state index in [1.54, 1.807) is 19.1 Å². The van der Waals surface area contributed by atoms with Crippen LogP contribution < -0.4 is 10.6 Å².